The summed E-state index contributed by atoms with van der Waals surface area (Å²) < 4.78 is 0. The molecule has 0 bridgehead atoms. The van der Waals surface area contributed by atoms with E-state index in [1.807, 2.05) is 0 Å². The number of rotatable bonds is 5. The van der Waals surface area contributed by atoms with Gasteiger partial charge in [0.2, 0.25) is 0 Å². The van der Waals surface area contributed by atoms with Crippen LogP contribution in [0.5, 0.6) is 0 Å². The molecule has 0 aliphatic carbocycles. The van der Waals surface area contributed by atoms with Gasteiger partial charge in [0.15, 0.2) is 0 Å². The van der Waals surface area contributed by atoms with Gasteiger partial charge in [0.1, 0.15) is 0 Å². The van der Waals surface area contributed by atoms with Gasteiger partial charge in [-0.15, -0.1) is 0 Å². The molecule has 7 heteroatoms. The molecule has 0 saturated heterocycles. The predicted octanol–water partition coefficient (Wildman–Crippen LogP) is 3.81. The lowest BCUT2D eigenvalue weighted by atomic mass is 10.2. The fraction of sp³-hybridized carbons (Fsp3) is 0.125. The number of hydrogen-bond acceptors (Lipinski definition) is 2. The number of amides is 2. The van der Waals surface area contributed by atoms with Crippen LogP contribution in [-0.2, 0) is 0 Å². The van der Waals surface area contributed by atoms with Crippen molar-refractivity contribution in [1.29, 1.82) is 0 Å². The van der Waals surface area contributed by atoms with Crippen molar-refractivity contribution >= 4 is 46.6 Å². The van der Waals surface area contributed by atoms with Crippen LogP contribution in [0.25, 0.3) is 0 Å². The Balaban J connectivity index is 1.82. The molecule has 2 rings (SSSR count). The van der Waals surface area contributed by atoms with Gasteiger partial charge in [0.25, 0.3) is 11.8 Å². The van der Waals surface area contributed by atoms with E-state index in [1.54, 1.807) is 36.4 Å². The van der Waals surface area contributed by atoms with Crippen LogP contribution in [0, 0.1) is 0 Å². The predicted molar refractivity (Wildman–Crippen MR) is 92.6 cm³/mol. The molecule has 2 aromatic rings. The number of carbonyl (C=O) groups excluding carboxylic acids is 2. The van der Waals surface area contributed by atoms with Gasteiger partial charge in [-0.05, 0) is 30.3 Å². The highest BCUT2D eigenvalue weighted by molar-refractivity contribution is 6.36. The minimum Gasteiger partial charge on any atom is -0.350 e. The summed E-state index contributed by atoms with van der Waals surface area (Å²) in [5, 5.41) is 6.45. The van der Waals surface area contributed by atoms with Gasteiger partial charge >= 0.3 is 0 Å². The molecule has 2 N–H and O–H groups in total. The number of nitrogens with one attached hydrogen (secondary N) is 2. The molecular weight excluding hydrogens is 359 g/mol. The van der Waals surface area contributed by atoms with Gasteiger partial charge in [-0.3, -0.25) is 9.59 Å². The molecule has 0 radical (unpaired) electrons. The molecule has 0 spiro atoms. The first kappa shape index (κ1) is 17.6. The van der Waals surface area contributed by atoms with E-state index >= 15 is 0 Å². The Labute approximate surface area is 148 Å². The van der Waals surface area contributed by atoms with Crippen LogP contribution in [0.4, 0.5) is 0 Å². The Morgan fingerprint density at radius 1 is 0.783 bits per heavy atom. The summed E-state index contributed by atoms with van der Waals surface area (Å²) in [7, 11) is 0. The highest BCUT2D eigenvalue weighted by Crippen LogP contribution is 2.20. The fourth-order valence-electron chi connectivity index (χ4n) is 1.86. The molecule has 0 fully saturated rings. The third-order valence-corrected chi connectivity index (χ3v) is 3.87. The Morgan fingerprint density at radius 3 is 1.91 bits per heavy atom. The summed E-state index contributed by atoms with van der Waals surface area (Å²) in [4.78, 5) is 23.9. The zero-order valence-corrected chi connectivity index (χ0v) is 14.2. The molecule has 4 nitrogen and oxygen atoms in total. The molecule has 0 aromatic heterocycles. The molecule has 0 aliphatic heterocycles. The summed E-state index contributed by atoms with van der Waals surface area (Å²) >= 11 is 17.7. The van der Waals surface area contributed by atoms with E-state index in [4.69, 9.17) is 34.8 Å². The fourth-order valence-corrected chi connectivity index (χ4v) is 2.58. The summed E-state index contributed by atoms with van der Waals surface area (Å²) in [5.74, 6) is -0.631. The number of carbonyl (C=O) groups is 2. The molecule has 23 heavy (non-hydrogen) atoms. The van der Waals surface area contributed by atoms with Crippen LogP contribution in [0.1, 0.15) is 20.7 Å². The van der Waals surface area contributed by atoms with Gasteiger partial charge in [0, 0.05) is 18.1 Å². The van der Waals surface area contributed by atoms with Gasteiger partial charge in [-0.2, -0.15) is 0 Å². The molecular formula is C16H13Cl3N2O2. The molecule has 0 saturated carbocycles. The standard InChI is InChI=1S/C16H13Cl3N2O2/c17-10-5-6-12(14(19)9-10)16(23)21-8-7-20-15(22)11-3-1-2-4-13(11)18/h1-6,9H,7-8H2,(H,20,22)(H,21,23). The quantitative estimate of drug-likeness (QED) is 0.785. The lowest BCUT2D eigenvalue weighted by molar-refractivity contribution is 0.0928. The Morgan fingerprint density at radius 2 is 1.35 bits per heavy atom. The summed E-state index contributed by atoms with van der Waals surface area (Å²) in [6.45, 7) is 0.523. The maximum Gasteiger partial charge on any atom is 0.252 e. The first-order valence-corrected chi connectivity index (χ1v) is 7.88. The van der Waals surface area contributed by atoms with Crippen molar-refractivity contribution in [2.45, 2.75) is 0 Å². The normalized spacial score (nSPS) is 10.2. The first-order valence-electron chi connectivity index (χ1n) is 6.75. The van der Waals surface area contributed by atoms with E-state index < -0.39 is 0 Å². The van der Waals surface area contributed by atoms with Crippen molar-refractivity contribution in [2.75, 3.05) is 13.1 Å². The molecule has 0 heterocycles. The van der Waals surface area contributed by atoms with Crippen molar-refractivity contribution in [3.63, 3.8) is 0 Å². The van der Waals surface area contributed by atoms with Crippen LogP contribution in [0.15, 0.2) is 42.5 Å². The van der Waals surface area contributed by atoms with Gasteiger partial charge in [-0.25, -0.2) is 0 Å². The minimum absolute atomic E-state index is 0.258. The summed E-state index contributed by atoms with van der Waals surface area (Å²) in [5.41, 5.74) is 0.717. The van der Waals surface area contributed by atoms with E-state index in [2.05, 4.69) is 10.6 Å². The van der Waals surface area contributed by atoms with Crippen LogP contribution >= 0.6 is 34.8 Å². The lowest BCUT2D eigenvalue weighted by Crippen LogP contribution is -2.34. The van der Waals surface area contributed by atoms with Crippen LogP contribution in [0.3, 0.4) is 0 Å². The molecule has 2 amide bonds. The van der Waals surface area contributed by atoms with Gasteiger partial charge < -0.3 is 10.6 Å². The SMILES string of the molecule is O=C(NCCNC(=O)c1ccc(Cl)cc1Cl)c1ccccc1Cl. The Hall–Kier alpha value is -1.75. The van der Waals surface area contributed by atoms with Crippen LogP contribution < -0.4 is 10.6 Å². The monoisotopic (exact) mass is 370 g/mol. The van der Waals surface area contributed by atoms with Crippen molar-refractivity contribution in [3.05, 3.63) is 68.7 Å². The molecule has 0 aliphatic rings. The lowest BCUT2D eigenvalue weighted by Gasteiger charge is -2.09. The van der Waals surface area contributed by atoms with Gasteiger partial charge in [0.05, 0.1) is 21.2 Å². The van der Waals surface area contributed by atoms with Gasteiger partial charge in [-0.1, -0.05) is 46.9 Å². The van der Waals surface area contributed by atoms with Crippen molar-refractivity contribution in [2.24, 2.45) is 0 Å². The highest BCUT2D eigenvalue weighted by Gasteiger charge is 2.11. The van der Waals surface area contributed by atoms with Crippen molar-refractivity contribution < 1.29 is 9.59 Å². The smallest absolute Gasteiger partial charge is 0.252 e. The minimum atomic E-state index is -0.335. The molecule has 0 unspecified atom stereocenters. The summed E-state index contributed by atoms with van der Waals surface area (Å²) in [6, 6.07) is 11.4. The van der Waals surface area contributed by atoms with Crippen LogP contribution in [0.2, 0.25) is 15.1 Å². The second kappa shape index (κ2) is 8.20. The summed E-state index contributed by atoms with van der Waals surface area (Å²) in [6.07, 6.45) is 0. The molecule has 0 atom stereocenters. The third-order valence-electron chi connectivity index (χ3n) is 2.99. The topological polar surface area (TPSA) is 58.2 Å². The third kappa shape index (κ3) is 4.86. The van der Waals surface area contributed by atoms with E-state index in [9.17, 15) is 9.59 Å². The number of halogens is 3. The zero-order valence-electron chi connectivity index (χ0n) is 11.9. The van der Waals surface area contributed by atoms with Crippen LogP contribution in [-0.4, -0.2) is 24.9 Å². The van der Waals surface area contributed by atoms with E-state index in [-0.39, 0.29) is 29.9 Å². The van der Waals surface area contributed by atoms with E-state index in [1.165, 1.54) is 6.07 Å². The second-order valence-electron chi connectivity index (χ2n) is 4.62. The molecule has 2 aromatic carbocycles. The van der Waals surface area contributed by atoms with E-state index in [0.29, 0.717) is 21.2 Å². The Bertz CT molecular complexity index is 735. The molecule has 120 valence electrons. The zero-order chi connectivity index (χ0) is 16.8. The van der Waals surface area contributed by atoms with Crippen molar-refractivity contribution in [1.82, 2.24) is 10.6 Å². The largest absolute Gasteiger partial charge is 0.350 e. The Kier molecular flexibility index (Phi) is 6.28. The first-order chi connectivity index (χ1) is 11.0. The number of benzene rings is 2. The number of hydrogen-bond donors (Lipinski definition) is 2. The highest BCUT2D eigenvalue weighted by atomic mass is 35.5. The average molecular weight is 372 g/mol. The maximum absolute atomic E-state index is 12.0. The maximum atomic E-state index is 12.0. The van der Waals surface area contributed by atoms with Crippen molar-refractivity contribution in [3.8, 4) is 0 Å². The van der Waals surface area contributed by atoms with E-state index in [0.717, 1.165) is 0 Å². The average Bonchev–Trinajstić information content (AvgIpc) is 2.51. The second-order valence-corrected chi connectivity index (χ2v) is 5.87.